The molecule has 3 aromatic rings. The van der Waals surface area contributed by atoms with E-state index in [1.807, 2.05) is 30.3 Å². The lowest BCUT2D eigenvalue weighted by molar-refractivity contribution is -0.117. The van der Waals surface area contributed by atoms with Gasteiger partial charge in [-0.05, 0) is 23.8 Å². The number of hydrogen-bond acceptors (Lipinski definition) is 1. The van der Waals surface area contributed by atoms with Crippen molar-refractivity contribution in [3.63, 3.8) is 0 Å². The van der Waals surface area contributed by atoms with Gasteiger partial charge in [0.1, 0.15) is 0 Å². The molecule has 0 aliphatic carbocycles. The van der Waals surface area contributed by atoms with Gasteiger partial charge >= 0.3 is 0 Å². The van der Waals surface area contributed by atoms with Crippen molar-refractivity contribution < 1.29 is 4.79 Å². The predicted molar refractivity (Wildman–Crippen MR) is 80.8 cm³/mol. The molecule has 0 spiro atoms. The number of nitrogens with zero attached hydrogens (tertiary/aromatic N) is 2. The van der Waals surface area contributed by atoms with Crippen LogP contribution in [0.2, 0.25) is 0 Å². The topological polar surface area (TPSA) is 25.2 Å². The molecule has 3 nitrogen and oxygen atoms in total. The zero-order valence-corrected chi connectivity index (χ0v) is 11.4. The third-order valence-electron chi connectivity index (χ3n) is 3.43. The highest BCUT2D eigenvalue weighted by atomic mass is 16.1. The van der Waals surface area contributed by atoms with Crippen molar-refractivity contribution in [2.45, 2.75) is 6.54 Å². The van der Waals surface area contributed by atoms with Crippen molar-refractivity contribution >= 4 is 17.3 Å². The summed E-state index contributed by atoms with van der Waals surface area (Å²) >= 11 is 0. The van der Waals surface area contributed by atoms with Gasteiger partial charge in [-0.25, -0.2) is 0 Å². The molecule has 0 saturated heterocycles. The third kappa shape index (κ3) is 2.18. The lowest BCUT2D eigenvalue weighted by Crippen LogP contribution is -2.14. The zero-order valence-electron chi connectivity index (χ0n) is 11.4. The van der Waals surface area contributed by atoms with Gasteiger partial charge in [0.25, 0.3) is 0 Å². The SMILES string of the molecule is CN(C=O)Cc1cn(-c2ccccc2)c2ccccc12. The summed E-state index contributed by atoms with van der Waals surface area (Å²) in [6.45, 7) is 0.615. The molecule has 0 N–H and O–H groups in total. The number of fused-ring (bicyclic) bond motifs is 1. The number of benzene rings is 2. The first-order chi connectivity index (χ1) is 9.79. The van der Waals surface area contributed by atoms with Gasteiger partial charge in [-0.15, -0.1) is 0 Å². The molecule has 3 heteroatoms. The smallest absolute Gasteiger partial charge is 0.209 e. The van der Waals surface area contributed by atoms with E-state index in [0.29, 0.717) is 6.54 Å². The molecule has 0 saturated carbocycles. The molecule has 0 atom stereocenters. The van der Waals surface area contributed by atoms with E-state index in [0.717, 1.165) is 23.2 Å². The van der Waals surface area contributed by atoms with E-state index in [4.69, 9.17) is 0 Å². The molecule has 3 rings (SSSR count). The highest BCUT2D eigenvalue weighted by molar-refractivity contribution is 5.85. The zero-order chi connectivity index (χ0) is 13.9. The van der Waals surface area contributed by atoms with E-state index in [2.05, 4.69) is 35.0 Å². The Morgan fingerprint density at radius 3 is 2.50 bits per heavy atom. The van der Waals surface area contributed by atoms with Crippen LogP contribution in [0.5, 0.6) is 0 Å². The Labute approximate surface area is 118 Å². The summed E-state index contributed by atoms with van der Waals surface area (Å²) in [5.41, 5.74) is 3.44. The van der Waals surface area contributed by atoms with Gasteiger partial charge < -0.3 is 9.47 Å². The molecule has 0 fully saturated rings. The maximum Gasteiger partial charge on any atom is 0.209 e. The summed E-state index contributed by atoms with van der Waals surface area (Å²) in [5, 5.41) is 1.19. The van der Waals surface area contributed by atoms with Crippen molar-refractivity contribution in [3.05, 3.63) is 66.4 Å². The van der Waals surface area contributed by atoms with Gasteiger partial charge in [0.2, 0.25) is 6.41 Å². The van der Waals surface area contributed by atoms with Crippen molar-refractivity contribution in [2.24, 2.45) is 0 Å². The van der Waals surface area contributed by atoms with Gasteiger partial charge in [-0.2, -0.15) is 0 Å². The van der Waals surface area contributed by atoms with Crippen LogP contribution >= 0.6 is 0 Å². The number of carbonyl (C=O) groups excluding carboxylic acids is 1. The molecule has 1 amide bonds. The molecule has 0 radical (unpaired) electrons. The van der Waals surface area contributed by atoms with Crippen LogP contribution in [0.1, 0.15) is 5.56 Å². The van der Waals surface area contributed by atoms with Crippen molar-refractivity contribution in [1.29, 1.82) is 0 Å². The van der Waals surface area contributed by atoms with Gasteiger partial charge in [0.05, 0.1) is 5.52 Å². The standard InChI is InChI=1S/C17H16N2O/c1-18(13-20)11-14-12-19(15-7-3-2-4-8-15)17-10-6-5-9-16(14)17/h2-10,12-13H,11H2,1H3. The van der Waals surface area contributed by atoms with Crippen LogP contribution in [-0.2, 0) is 11.3 Å². The minimum absolute atomic E-state index is 0.615. The molecule has 0 aliphatic heterocycles. The normalized spacial score (nSPS) is 10.7. The summed E-state index contributed by atoms with van der Waals surface area (Å²) in [6, 6.07) is 18.5. The lowest BCUT2D eigenvalue weighted by atomic mass is 10.2. The molecule has 0 unspecified atom stereocenters. The number of para-hydroxylation sites is 2. The Morgan fingerprint density at radius 1 is 1.05 bits per heavy atom. The van der Waals surface area contributed by atoms with Crippen molar-refractivity contribution in [1.82, 2.24) is 9.47 Å². The largest absolute Gasteiger partial charge is 0.344 e. The number of aromatic nitrogens is 1. The first kappa shape index (κ1) is 12.5. The summed E-state index contributed by atoms with van der Waals surface area (Å²) in [6.07, 6.45) is 2.97. The number of amides is 1. The summed E-state index contributed by atoms with van der Waals surface area (Å²) in [7, 11) is 1.79. The van der Waals surface area contributed by atoms with Gasteiger partial charge in [-0.1, -0.05) is 36.4 Å². The van der Waals surface area contributed by atoms with Gasteiger partial charge in [-0.3, -0.25) is 4.79 Å². The molecule has 2 aromatic carbocycles. The number of hydrogen-bond donors (Lipinski definition) is 0. The molecule has 0 bridgehead atoms. The Bertz CT molecular complexity index is 731. The van der Waals surface area contributed by atoms with E-state index >= 15 is 0 Å². The molecule has 100 valence electrons. The lowest BCUT2D eigenvalue weighted by Gasteiger charge is -2.08. The quantitative estimate of drug-likeness (QED) is 0.664. The van der Waals surface area contributed by atoms with Crippen LogP contribution in [-0.4, -0.2) is 22.9 Å². The fourth-order valence-corrected chi connectivity index (χ4v) is 2.48. The van der Waals surface area contributed by atoms with Crippen LogP contribution in [0.4, 0.5) is 0 Å². The predicted octanol–water partition coefficient (Wildman–Crippen LogP) is 3.22. The minimum Gasteiger partial charge on any atom is -0.344 e. The van der Waals surface area contributed by atoms with Gasteiger partial charge in [0.15, 0.2) is 0 Å². The van der Waals surface area contributed by atoms with Crippen LogP contribution in [0, 0.1) is 0 Å². The average Bonchev–Trinajstić information content (AvgIpc) is 2.87. The van der Waals surface area contributed by atoms with Crippen molar-refractivity contribution in [3.8, 4) is 5.69 Å². The average molecular weight is 264 g/mol. The monoisotopic (exact) mass is 264 g/mol. The van der Waals surface area contributed by atoms with E-state index in [9.17, 15) is 4.79 Å². The van der Waals surface area contributed by atoms with Crippen LogP contribution in [0.25, 0.3) is 16.6 Å². The fourth-order valence-electron chi connectivity index (χ4n) is 2.48. The van der Waals surface area contributed by atoms with E-state index < -0.39 is 0 Å². The summed E-state index contributed by atoms with van der Waals surface area (Å²) < 4.78 is 2.17. The highest BCUT2D eigenvalue weighted by Crippen LogP contribution is 2.25. The first-order valence-electron chi connectivity index (χ1n) is 6.59. The summed E-state index contributed by atoms with van der Waals surface area (Å²) in [4.78, 5) is 12.5. The Balaban J connectivity index is 2.16. The summed E-state index contributed by atoms with van der Waals surface area (Å²) in [5.74, 6) is 0. The van der Waals surface area contributed by atoms with Crippen LogP contribution < -0.4 is 0 Å². The second-order valence-electron chi connectivity index (χ2n) is 4.90. The van der Waals surface area contributed by atoms with Crippen LogP contribution in [0.15, 0.2) is 60.8 Å². The van der Waals surface area contributed by atoms with Crippen LogP contribution in [0.3, 0.4) is 0 Å². The molecule has 1 heterocycles. The maximum absolute atomic E-state index is 10.8. The molecule has 1 aromatic heterocycles. The fraction of sp³-hybridized carbons (Fsp3) is 0.118. The second-order valence-corrected chi connectivity index (χ2v) is 4.90. The number of carbonyl (C=O) groups is 1. The molecule has 20 heavy (non-hydrogen) atoms. The third-order valence-corrected chi connectivity index (χ3v) is 3.43. The molecular formula is C17H16N2O. The Hall–Kier alpha value is -2.55. The van der Waals surface area contributed by atoms with E-state index in [1.54, 1.807) is 11.9 Å². The Kier molecular flexibility index (Phi) is 3.25. The van der Waals surface area contributed by atoms with E-state index in [-0.39, 0.29) is 0 Å². The van der Waals surface area contributed by atoms with E-state index in [1.165, 1.54) is 5.39 Å². The molecule has 0 aliphatic rings. The highest BCUT2D eigenvalue weighted by Gasteiger charge is 2.10. The first-order valence-corrected chi connectivity index (χ1v) is 6.59. The molecular weight excluding hydrogens is 248 g/mol. The van der Waals surface area contributed by atoms with Gasteiger partial charge in [0, 0.05) is 30.9 Å². The van der Waals surface area contributed by atoms with Crippen molar-refractivity contribution in [2.75, 3.05) is 7.05 Å². The second kappa shape index (κ2) is 5.21. The minimum atomic E-state index is 0.615. The maximum atomic E-state index is 10.8. The Morgan fingerprint density at radius 2 is 1.75 bits per heavy atom. The number of rotatable bonds is 4.